The van der Waals surface area contributed by atoms with Gasteiger partial charge >= 0.3 is 0 Å². The number of ether oxygens (including phenoxy) is 2. The van der Waals surface area contributed by atoms with E-state index in [1.807, 2.05) is 36.4 Å². The summed E-state index contributed by atoms with van der Waals surface area (Å²) in [7, 11) is 3.23. The number of hydrogen-bond donors (Lipinski definition) is 1. The zero-order valence-electron chi connectivity index (χ0n) is 15.4. The summed E-state index contributed by atoms with van der Waals surface area (Å²) in [6, 6.07) is 13.9. The first-order chi connectivity index (χ1) is 13.2. The standard InChI is InChI=1S/C20H22N2O3S2/c1-24-16-8-7-14(13-17(16)25-2)9-11-21-19(23)10-12-26-20-22-15-5-3-4-6-18(15)27-20/h3-8,13H,9-12H2,1-2H3,(H,21,23). The maximum atomic E-state index is 12.0. The maximum Gasteiger partial charge on any atom is 0.220 e. The van der Waals surface area contributed by atoms with Crippen LogP contribution in [0.5, 0.6) is 11.5 Å². The number of methoxy groups -OCH3 is 2. The largest absolute Gasteiger partial charge is 0.493 e. The molecule has 0 aliphatic carbocycles. The van der Waals surface area contributed by atoms with Crippen molar-refractivity contribution in [1.82, 2.24) is 10.3 Å². The Morgan fingerprint density at radius 3 is 2.74 bits per heavy atom. The van der Waals surface area contributed by atoms with Crippen LogP contribution in [0, 0.1) is 0 Å². The summed E-state index contributed by atoms with van der Waals surface area (Å²) < 4.78 is 12.7. The Kier molecular flexibility index (Phi) is 6.95. The molecular formula is C20H22N2O3S2. The Bertz CT molecular complexity index is 878. The van der Waals surface area contributed by atoms with Gasteiger partial charge in [-0.2, -0.15) is 0 Å². The van der Waals surface area contributed by atoms with Gasteiger partial charge in [0.2, 0.25) is 5.91 Å². The molecule has 1 N–H and O–H groups in total. The number of nitrogens with zero attached hydrogens (tertiary/aromatic N) is 1. The molecule has 142 valence electrons. The van der Waals surface area contributed by atoms with Gasteiger partial charge in [-0.1, -0.05) is 30.0 Å². The van der Waals surface area contributed by atoms with Gasteiger partial charge in [-0.15, -0.1) is 11.3 Å². The lowest BCUT2D eigenvalue weighted by molar-refractivity contribution is -0.120. The van der Waals surface area contributed by atoms with Gasteiger partial charge in [0.15, 0.2) is 15.8 Å². The minimum atomic E-state index is 0.0593. The number of amides is 1. The first-order valence-electron chi connectivity index (χ1n) is 8.65. The number of thioether (sulfide) groups is 1. The van der Waals surface area contributed by atoms with Gasteiger partial charge in [0.25, 0.3) is 0 Å². The van der Waals surface area contributed by atoms with Gasteiger partial charge in [-0.25, -0.2) is 4.98 Å². The molecule has 0 saturated carbocycles. The molecular weight excluding hydrogens is 380 g/mol. The van der Waals surface area contributed by atoms with Crippen LogP contribution in [0.3, 0.4) is 0 Å². The minimum absolute atomic E-state index is 0.0593. The Balaban J connectivity index is 1.39. The molecule has 3 aromatic rings. The average molecular weight is 403 g/mol. The molecule has 0 saturated heterocycles. The van der Waals surface area contributed by atoms with Crippen LogP contribution >= 0.6 is 23.1 Å². The van der Waals surface area contributed by atoms with Crippen LogP contribution < -0.4 is 14.8 Å². The van der Waals surface area contributed by atoms with E-state index in [2.05, 4.69) is 16.4 Å². The van der Waals surface area contributed by atoms with Crippen LogP contribution in [0.1, 0.15) is 12.0 Å². The first-order valence-corrected chi connectivity index (χ1v) is 10.5. The van der Waals surface area contributed by atoms with Crippen molar-refractivity contribution in [2.45, 2.75) is 17.2 Å². The van der Waals surface area contributed by atoms with Crippen LogP contribution in [0.2, 0.25) is 0 Å². The second kappa shape index (κ2) is 9.62. The van der Waals surface area contributed by atoms with E-state index in [9.17, 15) is 4.79 Å². The predicted molar refractivity (Wildman–Crippen MR) is 111 cm³/mol. The van der Waals surface area contributed by atoms with E-state index in [0.29, 0.717) is 24.5 Å². The van der Waals surface area contributed by atoms with E-state index < -0.39 is 0 Å². The number of hydrogen-bond acceptors (Lipinski definition) is 6. The summed E-state index contributed by atoms with van der Waals surface area (Å²) >= 11 is 3.30. The fourth-order valence-corrected chi connectivity index (χ4v) is 4.69. The number of nitrogens with one attached hydrogen (secondary N) is 1. The molecule has 0 aliphatic rings. The number of carbonyl (C=O) groups is 1. The highest BCUT2D eigenvalue weighted by Gasteiger charge is 2.07. The Morgan fingerprint density at radius 2 is 1.96 bits per heavy atom. The second-order valence-corrected chi connectivity index (χ2v) is 8.21. The monoisotopic (exact) mass is 402 g/mol. The van der Waals surface area contributed by atoms with Gasteiger partial charge in [0.05, 0.1) is 24.4 Å². The van der Waals surface area contributed by atoms with Crippen LogP contribution in [0.25, 0.3) is 10.2 Å². The summed E-state index contributed by atoms with van der Waals surface area (Å²) in [4.78, 5) is 16.6. The number of carbonyl (C=O) groups excluding carboxylic acids is 1. The molecule has 0 bridgehead atoms. The highest BCUT2D eigenvalue weighted by Crippen LogP contribution is 2.29. The zero-order valence-corrected chi connectivity index (χ0v) is 17.0. The third kappa shape index (κ3) is 5.37. The van der Waals surface area contributed by atoms with Gasteiger partial charge in [0.1, 0.15) is 0 Å². The molecule has 0 radical (unpaired) electrons. The van der Waals surface area contributed by atoms with Crippen molar-refractivity contribution < 1.29 is 14.3 Å². The average Bonchev–Trinajstić information content (AvgIpc) is 3.10. The van der Waals surface area contributed by atoms with Crippen molar-refractivity contribution >= 4 is 39.2 Å². The lowest BCUT2D eigenvalue weighted by atomic mass is 10.1. The van der Waals surface area contributed by atoms with E-state index >= 15 is 0 Å². The fraction of sp³-hybridized carbons (Fsp3) is 0.300. The molecule has 0 spiro atoms. The van der Waals surface area contributed by atoms with Crippen molar-refractivity contribution in [3.63, 3.8) is 0 Å². The fourth-order valence-electron chi connectivity index (χ4n) is 2.61. The summed E-state index contributed by atoms with van der Waals surface area (Å²) in [5.74, 6) is 2.19. The predicted octanol–water partition coefficient (Wildman–Crippen LogP) is 4.15. The summed E-state index contributed by atoms with van der Waals surface area (Å²) in [5, 5.41) is 2.97. The Labute approximate surface area is 167 Å². The van der Waals surface area contributed by atoms with Gasteiger partial charge in [-0.05, 0) is 36.2 Å². The number of thiazole rings is 1. The molecule has 1 amide bonds. The summed E-state index contributed by atoms with van der Waals surface area (Å²) in [6.45, 7) is 0.597. The maximum absolute atomic E-state index is 12.0. The highest BCUT2D eigenvalue weighted by molar-refractivity contribution is 8.01. The number of para-hydroxylation sites is 1. The quantitative estimate of drug-likeness (QED) is 0.545. The van der Waals surface area contributed by atoms with E-state index in [-0.39, 0.29) is 5.91 Å². The second-order valence-electron chi connectivity index (χ2n) is 5.84. The van der Waals surface area contributed by atoms with Crippen molar-refractivity contribution in [3.05, 3.63) is 48.0 Å². The van der Waals surface area contributed by atoms with Crippen molar-refractivity contribution in [3.8, 4) is 11.5 Å². The molecule has 0 atom stereocenters. The molecule has 0 fully saturated rings. The van der Waals surface area contributed by atoms with Crippen LogP contribution in [-0.4, -0.2) is 37.4 Å². The van der Waals surface area contributed by atoms with E-state index in [0.717, 1.165) is 27.6 Å². The minimum Gasteiger partial charge on any atom is -0.493 e. The van der Waals surface area contributed by atoms with Crippen LogP contribution in [-0.2, 0) is 11.2 Å². The van der Waals surface area contributed by atoms with E-state index in [1.54, 1.807) is 37.3 Å². The number of aromatic nitrogens is 1. The van der Waals surface area contributed by atoms with E-state index in [4.69, 9.17) is 9.47 Å². The summed E-state index contributed by atoms with van der Waals surface area (Å²) in [5.41, 5.74) is 2.11. The lowest BCUT2D eigenvalue weighted by Crippen LogP contribution is -2.25. The van der Waals surface area contributed by atoms with Gasteiger partial charge in [-0.3, -0.25) is 4.79 Å². The van der Waals surface area contributed by atoms with Crippen LogP contribution in [0.15, 0.2) is 46.8 Å². The SMILES string of the molecule is COc1ccc(CCNC(=O)CCSc2nc3ccccc3s2)cc1OC. The van der Waals surface area contributed by atoms with Crippen molar-refractivity contribution in [2.24, 2.45) is 0 Å². The highest BCUT2D eigenvalue weighted by atomic mass is 32.2. The normalized spacial score (nSPS) is 10.7. The molecule has 2 aromatic carbocycles. The molecule has 0 aliphatic heterocycles. The molecule has 3 rings (SSSR count). The number of benzene rings is 2. The molecule has 27 heavy (non-hydrogen) atoms. The lowest BCUT2D eigenvalue weighted by Gasteiger charge is -2.10. The summed E-state index contributed by atoms with van der Waals surface area (Å²) in [6.07, 6.45) is 1.23. The first kappa shape index (κ1) is 19.5. The third-order valence-electron chi connectivity index (χ3n) is 4.01. The number of rotatable bonds is 9. The number of fused-ring (bicyclic) bond motifs is 1. The van der Waals surface area contributed by atoms with E-state index in [1.165, 1.54) is 4.70 Å². The molecule has 1 aromatic heterocycles. The van der Waals surface area contributed by atoms with Crippen LogP contribution in [0.4, 0.5) is 0 Å². The third-order valence-corrected chi connectivity index (χ3v) is 6.19. The molecule has 7 heteroatoms. The zero-order chi connectivity index (χ0) is 19.1. The molecule has 0 unspecified atom stereocenters. The smallest absolute Gasteiger partial charge is 0.220 e. The van der Waals surface area contributed by atoms with Gasteiger partial charge < -0.3 is 14.8 Å². The molecule has 5 nitrogen and oxygen atoms in total. The van der Waals surface area contributed by atoms with Crippen molar-refractivity contribution in [1.29, 1.82) is 0 Å². The van der Waals surface area contributed by atoms with Gasteiger partial charge in [0, 0.05) is 18.7 Å². The topological polar surface area (TPSA) is 60.5 Å². The Morgan fingerprint density at radius 1 is 1.15 bits per heavy atom. The van der Waals surface area contributed by atoms with Crippen molar-refractivity contribution in [2.75, 3.05) is 26.5 Å². The molecule has 1 heterocycles. The Hall–Kier alpha value is -2.25.